The van der Waals surface area contributed by atoms with Crippen molar-refractivity contribution in [3.05, 3.63) is 35.4 Å². The Labute approximate surface area is 107 Å². The van der Waals surface area contributed by atoms with Gasteiger partial charge in [0, 0.05) is 25.2 Å². The number of rotatable bonds is 4. The van der Waals surface area contributed by atoms with Crippen molar-refractivity contribution in [3.63, 3.8) is 0 Å². The number of guanidine groups is 1. The Hall–Kier alpha value is -2.04. The lowest BCUT2D eigenvalue weighted by molar-refractivity contribution is 0.0954. The van der Waals surface area contributed by atoms with Gasteiger partial charge in [0.15, 0.2) is 5.96 Å². The Bertz CT molecular complexity index is 439. The van der Waals surface area contributed by atoms with Crippen LogP contribution in [0.5, 0.6) is 0 Å². The normalized spacial score (nSPS) is 13.7. The van der Waals surface area contributed by atoms with Crippen LogP contribution in [0.25, 0.3) is 0 Å². The monoisotopic (exact) mass is 246 g/mol. The zero-order chi connectivity index (χ0) is 12.8. The third kappa shape index (κ3) is 3.48. The summed E-state index contributed by atoms with van der Waals surface area (Å²) in [6.07, 6.45) is 0. The second-order valence-corrected chi connectivity index (χ2v) is 4.21. The fraction of sp³-hybridized carbons (Fsp3) is 0.385. The van der Waals surface area contributed by atoms with Gasteiger partial charge < -0.3 is 16.0 Å². The van der Waals surface area contributed by atoms with Gasteiger partial charge in [0.1, 0.15) is 0 Å². The van der Waals surface area contributed by atoms with Crippen LogP contribution in [-0.4, -0.2) is 38.0 Å². The highest BCUT2D eigenvalue weighted by molar-refractivity contribution is 5.94. The molecular formula is C13H18N4O. The van der Waals surface area contributed by atoms with Gasteiger partial charge in [-0.05, 0) is 19.1 Å². The molecule has 1 amide bonds. The number of aryl methyl sites for hydroxylation is 1. The smallest absolute Gasteiger partial charge is 0.251 e. The number of nitrogens with one attached hydrogen (secondary N) is 3. The molecule has 5 heteroatoms. The van der Waals surface area contributed by atoms with E-state index in [1.54, 1.807) is 0 Å². The quantitative estimate of drug-likeness (QED) is 0.668. The molecule has 0 saturated carbocycles. The fourth-order valence-corrected chi connectivity index (χ4v) is 1.68. The first-order valence-corrected chi connectivity index (χ1v) is 6.13. The van der Waals surface area contributed by atoms with Crippen molar-refractivity contribution in [2.75, 3.05) is 26.2 Å². The lowest BCUT2D eigenvalue weighted by atomic mass is 10.1. The first kappa shape index (κ1) is 12.4. The van der Waals surface area contributed by atoms with E-state index in [2.05, 4.69) is 20.9 Å². The molecule has 1 aromatic rings. The molecule has 0 unspecified atom stereocenters. The SMILES string of the molecule is Cc1ccc(C(=O)NCCNC2=NCCN2)cc1. The molecule has 0 saturated heterocycles. The van der Waals surface area contributed by atoms with Crippen molar-refractivity contribution >= 4 is 11.9 Å². The summed E-state index contributed by atoms with van der Waals surface area (Å²) in [5.41, 5.74) is 1.84. The molecule has 3 N–H and O–H groups in total. The predicted octanol–water partition coefficient (Wildman–Crippen LogP) is 0.274. The summed E-state index contributed by atoms with van der Waals surface area (Å²) in [7, 11) is 0. The highest BCUT2D eigenvalue weighted by atomic mass is 16.1. The van der Waals surface area contributed by atoms with Gasteiger partial charge in [-0.25, -0.2) is 0 Å². The second-order valence-electron chi connectivity index (χ2n) is 4.21. The molecule has 1 heterocycles. The number of hydrogen-bond donors (Lipinski definition) is 3. The van der Waals surface area contributed by atoms with Gasteiger partial charge in [-0.15, -0.1) is 0 Å². The van der Waals surface area contributed by atoms with Gasteiger partial charge in [0.25, 0.3) is 5.91 Å². The minimum absolute atomic E-state index is 0.0434. The number of carbonyl (C=O) groups is 1. The molecular weight excluding hydrogens is 228 g/mol. The Balaban J connectivity index is 1.69. The van der Waals surface area contributed by atoms with E-state index in [9.17, 15) is 4.79 Å². The van der Waals surface area contributed by atoms with E-state index in [1.807, 2.05) is 31.2 Å². The molecule has 2 rings (SSSR count). The van der Waals surface area contributed by atoms with Crippen molar-refractivity contribution < 1.29 is 4.79 Å². The van der Waals surface area contributed by atoms with Crippen molar-refractivity contribution in [2.45, 2.75) is 6.92 Å². The first-order valence-electron chi connectivity index (χ1n) is 6.13. The van der Waals surface area contributed by atoms with E-state index in [0.717, 1.165) is 24.6 Å². The Morgan fingerprint density at radius 3 is 2.78 bits per heavy atom. The third-order valence-electron chi connectivity index (χ3n) is 2.69. The van der Waals surface area contributed by atoms with E-state index in [0.29, 0.717) is 18.7 Å². The van der Waals surface area contributed by atoms with Crippen molar-refractivity contribution in [3.8, 4) is 0 Å². The van der Waals surface area contributed by atoms with Crippen LogP contribution in [-0.2, 0) is 0 Å². The predicted molar refractivity (Wildman–Crippen MR) is 71.8 cm³/mol. The molecule has 1 aliphatic rings. The molecule has 5 nitrogen and oxygen atoms in total. The van der Waals surface area contributed by atoms with Crippen LogP contribution in [0.1, 0.15) is 15.9 Å². The maximum atomic E-state index is 11.8. The number of nitrogens with zero attached hydrogens (tertiary/aromatic N) is 1. The highest BCUT2D eigenvalue weighted by Gasteiger charge is 2.05. The maximum absolute atomic E-state index is 11.8. The van der Waals surface area contributed by atoms with E-state index < -0.39 is 0 Å². The Kier molecular flexibility index (Phi) is 4.17. The Morgan fingerprint density at radius 1 is 1.33 bits per heavy atom. The van der Waals surface area contributed by atoms with Crippen molar-refractivity contribution in [2.24, 2.45) is 4.99 Å². The van der Waals surface area contributed by atoms with E-state index >= 15 is 0 Å². The van der Waals surface area contributed by atoms with Gasteiger partial charge in [-0.3, -0.25) is 9.79 Å². The molecule has 96 valence electrons. The number of hydrogen-bond acceptors (Lipinski definition) is 4. The van der Waals surface area contributed by atoms with Crippen LogP contribution >= 0.6 is 0 Å². The third-order valence-corrected chi connectivity index (χ3v) is 2.69. The largest absolute Gasteiger partial charge is 0.355 e. The molecule has 1 aromatic carbocycles. The lowest BCUT2D eigenvalue weighted by Gasteiger charge is -2.08. The molecule has 0 bridgehead atoms. The van der Waals surface area contributed by atoms with Gasteiger partial charge >= 0.3 is 0 Å². The van der Waals surface area contributed by atoms with E-state index in [4.69, 9.17) is 0 Å². The summed E-state index contributed by atoms with van der Waals surface area (Å²) in [6.45, 7) is 4.95. The molecule has 0 spiro atoms. The molecule has 1 aliphatic heterocycles. The lowest BCUT2D eigenvalue weighted by Crippen LogP contribution is -2.39. The fourth-order valence-electron chi connectivity index (χ4n) is 1.68. The van der Waals surface area contributed by atoms with Crippen LogP contribution in [0.2, 0.25) is 0 Å². The zero-order valence-electron chi connectivity index (χ0n) is 10.5. The molecule has 0 fully saturated rings. The molecule has 0 aromatic heterocycles. The average Bonchev–Trinajstić information content (AvgIpc) is 2.88. The summed E-state index contributed by atoms with van der Waals surface area (Å²) in [4.78, 5) is 16.0. The molecule has 0 radical (unpaired) electrons. The van der Waals surface area contributed by atoms with Crippen molar-refractivity contribution in [1.82, 2.24) is 16.0 Å². The van der Waals surface area contributed by atoms with Gasteiger partial charge in [-0.2, -0.15) is 0 Å². The van der Waals surface area contributed by atoms with Gasteiger partial charge in [0.05, 0.1) is 6.54 Å². The van der Waals surface area contributed by atoms with Crippen LogP contribution < -0.4 is 16.0 Å². The summed E-state index contributed by atoms with van der Waals surface area (Å²) >= 11 is 0. The maximum Gasteiger partial charge on any atom is 0.251 e. The standard InChI is InChI=1S/C13H18N4O/c1-10-2-4-11(5-3-10)12(18)14-6-7-15-13-16-8-9-17-13/h2-5H,6-9H2,1H3,(H,14,18)(H2,15,16,17). The van der Waals surface area contributed by atoms with Gasteiger partial charge in [0.2, 0.25) is 0 Å². The minimum atomic E-state index is -0.0434. The highest BCUT2D eigenvalue weighted by Crippen LogP contribution is 2.02. The number of benzene rings is 1. The summed E-state index contributed by atoms with van der Waals surface area (Å²) in [5, 5.41) is 9.09. The topological polar surface area (TPSA) is 65.5 Å². The number of carbonyl (C=O) groups excluding carboxylic acids is 1. The van der Waals surface area contributed by atoms with Crippen LogP contribution in [0.15, 0.2) is 29.3 Å². The summed E-state index contributed by atoms with van der Waals surface area (Å²) in [6, 6.07) is 7.54. The number of aliphatic imine (C=N–C) groups is 1. The molecule has 0 atom stereocenters. The van der Waals surface area contributed by atoms with Crippen LogP contribution in [0.3, 0.4) is 0 Å². The Morgan fingerprint density at radius 2 is 2.11 bits per heavy atom. The van der Waals surface area contributed by atoms with Crippen molar-refractivity contribution in [1.29, 1.82) is 0 Å². The van der Waals surface area contributed by atoms with Gasteiger partial charge in [-0.1, -0.05) is 17.7 Å². The minimum Gasteiger partial charge on any atom is -0.355 e. The van der Waals surface area contributed by atoms with E-state index in [1.165, 1.54) is 0 Å². The molecule has 0 aliphatic carbocycles. The summed E-state index contributed by atoms with van der Waals surface area (Å²) < 4.78 is 0. The molecule has 18 heavy (non-hydrogen) atoms. The average molecular weight is 246 g/mol. The second kappa shape index (κ2) is 6.05. The number of amides is 1. The summed E-state index contributed by atoms with van der Waals surface area (Å²) in [5.74, 6) is 0.776. The van der Waals surface area contributed by atoms with Crippen LogP contribution in [0, 0.1) is 6.92 Å². The van der Waals surface area contributed by atoms with Crippen LogP contribution in [0.4, 0.5) is 0 Å². The first-order chi connectivity index (χ1) is 8.75. The van der Waals surface area contributed by atoms with E-state index in [-0.39, 0.29) is 5.91 Å². The zero-order valence-corrected chi connectivity index (χ0v) is 10.5.